The van der Waals surface area contributed by atoms with Gasteiger partial charge < -0.3 is 14.7 Å². The van der Waals surface area contributed by atoms with Crippen molar-refractivity contribution >= 4 is 38.6 Å². The molecule has 0 saturated carbocycles. The first kappa shape index (κ1) is 24.5. The Morgan fingerprint density at radius 2 is 1.75 bits per heavy atom. The Hall–Kier alpha value is -2.11. The zero-order valence-electron chi connectivity index (χ0n) is 17.3. The topological polar surface area (TPSA) is 70.1 Å². The van der Waals surface area contributed by atoms with Gasteiger partial charge in [0, 0.05) is 35.3 Å². The zero-order valence-corrected chi connectivity index (χ0v) is 19.7. The van der Waals surface area contributed by atoms with Gasteiger partial charge in [0.1, 0.15) is 16.7 Å². The molecule has 6 nitrogen and oxygen atoms in total. The molecule has 1 N–H and O–H groups in total. The van der Waals surface area contributed by atoms with E-state index in [1.807, 2.05) is 23.1 Å². The van der Waals surface area contributed by atoms with Crippen molar-refractivity contribution in [3.63, 3.8) is 0 Å². The first-order chi connectivity index (χ1) is 14.9. The van der Waals surface area contributed by atoms with Gasteiger partial charge in [0.25, 0.3) is 0 Å². The molecule has 3 unspecified atom stereocenters. The maximum atomic E-state index is 13.4. The average Bonchev–Trinajstić information content (AvgIpc) is 2.65. The first-order valence-corrected chi connectivity index (χ1v) is 11.6. The summed E-state index contributed by atoms with van der Waals surface area (Å²) >= 11 is 3.35. The molecule has 2 aromatic rings. The van der Waals surface area contributed by atoms with Crippen molar-refractivity contribution in [3.05, 3.63) is 52.5 Å². The highest BCUT2D eigenvalue weighted by Crippen LogP contribution is 2.30. The van der Waals surface area contributed by atoms with E-state index in [0.717, 1.165) is 5.69 Å². The largest absolute Gasteiger partial charge is 0.573 e. The summed E-state index contributed by atoms with van der Waals surface area (Å²) in [7, 11) is -1.51. The number of benzene rings is 2. The number of carboxylic acids is 1. The fraction of sp³-hybridized carbons (Fsp3) is 0.381. The van der Waals surface area contributed by atoms with E-state index in [0.29, 0.717) is 28.0 Å². The van der Waals surface area contributed by atoms with Gasteiger partial charge in [0.05, 0.1) is 11.3 Å². The van der Waals surface area contributed by atoms with Gasteiger partial charge >= 0.3 is 12.3 Å². The zero-order chi connectivity index (χ0) is 23.6. The van der Waals surface area contributed by atoms with Crippen LogP contribution in [0.25, 0.3) is 0 Å². The highest BCUT2D eigenvalue weighted by Gasteiger charge is 2.35. The average molecular weight is 535 g/mol. The second-order valence-electron chi connectivity index (χ2n) is 7.62. The molecule has 0 aromatic heterocycles. The third-order valence-electron chi connectivity index (χ3n) is 4.95. The first-order valence-electron chi connectivity index (χ1n) is 9.75. The van der Waals surface area contributed by atoms with Crippen LogP contribution in [0.3, 0.4) is 0 Å². The molecule has 1 heterocycles. The summed E-state index contributed by atoms with van der Waals surface area (Å²) in [4.78, 5) is 13.6. The van der Waals surface area contributed by atoms with Crippen molar-refractivity contribution in [1.82, 2.24) is 4.31 Å². The maximum Gasteiger partial charge on any atom is 0.573 e. The molecule has 32 heavy (non-hydrogen) atoms. The van der Waals surface area contributed by atoms with Gasteiger partial charge in [-0.3, -0.25) is 4.79 Å². The van der Waals surface area contributed by atoms with Crippen molar-refractivity contribution in [3.8, 4) is 5.75 Å². The van der Waals surface area contributed by atoms with Crippen LogP contribution in [0, 0.1) is 0 Å². The SMILES string of the molecule is CC1CN(c2ccc(OC(F)(F)F)cc2)CC(C)N1S(=O)c1cc(Br)cc(CC(=O)O)c1. The van der Waals surface area contributed by atoms with Crippen molar-refractivity contribution in [2.45, 2.75) is 43.6 Å². The highest BCUT2D eigenvalue weighted by molar-refractivity contribution is 9.10. The van der Waals surface area contributed by atoms with Gasteiger partial charge in [-0.15, -0.1) is 13.2 Å². The lowest BCUT2D eigenvalue weighted by atomic mass is 10.1. The molecule has 1 aliphatic heterocycles. The molecule has 2 aromatic carbocycles. The number of carboxylic acid groups (broad SMARTS) is 1. The van der Waals surface area contributed by atoms with Gasteiger partial charge in [-0.05, 0) is 61.9 Å². The van der Waals surface area contributed by atoms with Crippen molar-refractivity contribution < 1.29 is 32.0 Å². The highest BCUT2D eigenvalue weighted by atomic mass is 79.9. The molecule has 3 rings (SSSR count). The van der Waals surface area contributed by atoms with E-state index in [4.69, 9.17) is 5.11 Å². The third kappa shape index (κ3) is 6.23. The van der Waals surface area contributed by atoms with Gasteiger partial charge in [0.2, 0.25) is 0 Å². The molecule has 0 spiro atoms. The number of carbonyl (C=O) groups is 1. The van der Waals surface area contributed by atoms with Crippen molar-refractivity contribution in [2.75, 3.05) is 18.0 Å². The van der Waals surface area contributed by atoms with Crippen molar-refractivity contribution in [2.24, 2.45) is 0 Å². The molecule has 11 heteroatoms. The van der Waals surface area contributed by atoms with Crippen LogP contribution in [0.5, 0.6) is 5.75 Å². The Bertz CT molecular complexity index is 992. The van der Waals surface area contributed by atoms with Gasteiger partial charge in [-0.25, -0.2) is 8.51 Å². The molecule has 3 atom stereocenters. The second-order valence-corrected chi connectivity index (χ2v) is 9.93. The minimum absolute atomic E-state index is 0.132. The van der Waals surface area contributed by atoms with Crippen LogP contribution in [0.4, 0.5) is 18.9 Å². The molecule has 1 fully saturated rings. The predicted molar refractivity (Wildman–Crippen MR) is 118 cm³/mol. The Kier molecular flexibility index (Phi) is 7.51. The number of rotatable bonds is 6. The molecule has 1 aliphatic rings. The summed E-state index contributed by atoms with van der Waals surface area (Å²) in [6, 6.07) is 10.5. The predicted octanol–water partition coefficient (Wildman–Crippen LogP) is 4.60. The Morgan fingerprint density at radius 1 is 1.16 bits per heavy atom. The smallest absolute Gasteiger partial charge is 0.481 e. The summed E-state index contributed by atoms with van der Waals surface area (Å²) < 4.78 is 56.9. The quantitative estimate of drug-likeness (QED) is 0.586. The minimum atomic E-state index is -4.74. The fourth-order valence-electron chi connectivity index (χ4n) is 3.82. The van der Waals surface area contributed by atoms with E-state index < -0.39 is 23.3 Å². The van der Waals surface area contributed by atoms with Crippen LogP contribution < -0.4 is 9.64 Å². The molecule has 1 saturated heterocycles. The van der Waals surface area contributed by atoms with Crippen LogP contribution in [0.2, 0.25) is 0 Å². The normalized spacial score (nSPS) is 20.8. The molecule has 0 radical (unpaired) electrons. The Labute approximate surface area is 194 Å². The van der Waals surface area contributed by atoms with Gasteiger partial charge in [-0.1, -0.05) is 15.9 Å². The Balaban J connectivity index is 1.74. The molecule has 174 valence electrons. The molecule has 0 bridgehead atoms. The standard InChI is InChI=1S/C21H22BrF3N2O4S/c1-13-11-26(17-3-5-18(6-4-17)31-21(23,24)25)12-14(2)27(13)32(30)19-8-15(9-20(28)29)7-16(22)10-19/h3-8,10,13-14H,9,11-12H2,1-2H3,(H,28,29). The van der Waals surface area contributed by atoms with E-state index in [1.54, 1.807) is 30.3 Å². The number of hydrogen-bond donors (Lipinski definition) is 1. The number of piperazine rings is 1. The summed E-state index contributed by atoms with van der Waals surface area (Å²) in [5.41, 5.74) is 1.30. The number of hydrogen-bond acceptors (Lipinski definition) is 4. The maximum absolute atomic E-state index is 13.4. The lowest BCUT2D eigenvalue weighted by molar-refractivity contribution is -0.274. The summed E-state index contributed by atoms with van der Waals surface area (Å²) in [5.74, 6) is -1.25. The van der Waals surface area contributed by atoms with Crippen LogP contribution in [-0.4, -0.2) is 51.1 Å². The molecule has 0 aliphatic carbocycles. The number of alkyl halides is 3. The number of aliphatic carboxylic acids is 1. The van der Waals surface area contributed by atoms with Crippen LogP contribution in [-0.2, 0) is 22.2 Å². The van der Waals surface area contributed by atoms with Gasteiger partial charge in [-0.2, -0.15) is 0 Å². The Morgan fingerprint density at radius 3 is 2.28 bits per heavy atom. The summed E-state index contributed by atoms with van der Waals surface area (Å²) in [6.07, 6.45) is -4.91. The van der Waals surface area contributed by atoms with Crippen LogP contribution >= 0.6 is 15.9 Å². The van der Waals surface area contributed by atoms with Crippen molar-refractivity contribution in [1.29, 1.82) is 0 Å². The van der Waals surface area contributed by atoms with E-state index in [-0.39, 0.29) is 24.3 Å². The van der Waals surface area contributed by atoms with Crippen LogP contribution in [0.1, 0.15) is 19.4 Å². The fourth-order valence-corrected chi connectivity index (χ4v) is 6.03. The van der Waals surface area contributed by atoms with Crippen LogP contribution in [0.15, 0.2) is 51.8 Å². The molecule has 0 amide bonds. The van der Waals surface area contributed by atoms with E-state index >= 15 is 0 Å². The number of halogens is 4. The van der Waals surface area contributed by atoms with E-state index in [1.165, 1.54) is 12.1 Å². The number of ether oxygens (including phenoxy) is 1. The summed E-state index contributed by atoms with van der Waals surface area (Å²) in [6.45, 7) is 4.90. The third-order valence-corrected chi connectivity index (χ3v) is 7.15. The number of anilines is 1. The van der Waals surface area contributed by atoms with E-state index in [9.17, 15) is 22.2 Å². The lowest BCUT2D eigenvalue weighted by Gasteiger charge is -2.44. The molecular formula is C21H22BrF3N2O4S. The second kappa shape index (κ2) is 9.80. The monoisotopic (exact) mass is 534 g/mol. The number of nitrogens with zero attached hydrogens (tertiary/aromatic N) is 2. The summed E-state index contributed by atoms with van der Waals surface area (Å²) in [5, 5.41) is 9.06. The lowest BCUT2D eigenvalue weighted by Crippen LogP contribution is -2.57. The molecular weight excluding hydrogens is 513 g/mol. The minimum Gasteiger partial charge on any atom is -0.481 e. The van der Waals surface area contributed by atoms with E-state index in [2.05, 4.69) is 20.7 Å². The van der Waals surface area contributed by atoms with Gasteiger partial charge in [0.15, 0.2) is 0 Å².